The highest BCUT2D eigenvalue weighted by Gasteiger charge is 2.28. The van der Waals surface area contributed by atoms with Gasteiger partial charge in [-0.2, -0.15) is 0 Å². The summed E-state index contributed by atoms with van der Waals surface area (Å²) in [5.74, 6) is -1.63. The van der Waals surface area contributed by atoms with Crippen LogP contribution in [0.2, 0.25) is 0 Å². The van der Waals surface area contributed by atoms with Crippen molar-refractivity contribution in [3.63, 3.8) is 0 Å². The number of ether oxygens (including phenoxy) is 1. The quantitative estimate of drug-likeness (QED) is 0.709. The maximum atomic E-state index is 13.1. The molecular weight excluding hydrogens is 215 g/mol. The Morgan fingerprint density at radius 2 is 2.06 bits per heavy atom. The van der Waals surface area contributed by atoms with Gasteiger partial charge in [-0.1, -0.05) is 0 Å². The molecule has 0 unspecified atom stereocenters. The molecule has 2 atom stereocenters. The standard InChI is InChI=1S/C11H13FO4/c12-9-2-8(10(14)3-11(9)15)6-1-7(4-13)16-5-6/h2-3,6-7,13-15H,1,4-5H2/t6-,7+/m1/s1. The molecule has 2 rings (SSSR count). The fourth-order valence-electron chi connectivity index (χ4n) is 1.94. The van der Waals surface area contributed by atoms with Crippen molar-refractivity contribution in [2.24, 2.45) is 0 Å². The van der Waals surface area contributed by atoms with Crippen LogP contribution in [0, 0.1) is 5.82 Å². The first-order valence-corrected chi connectivity index (χ1v) is 5.05. The molecule has 1 aliphatic heterocycles. The lowest BCUT2D eigenvalue weighted by Gasteiger charge is -2.11. The number of hydrogen-bond donors (Lipinski definition) is 3. The summed E-state index contributed by atoms with van der Waals surface area (Å²) in [5.41, 5.74) is 0.409. The molecule has 0 radical (unpaired) electrons. The molecule has 1 aromatic rings. The van der Waals surface area contributed by atoms with Crippen molar-refractivity contribution < 1.29 is 24.4 Å². The van der Waals surface area contributed by atoms with Crippen LogP contribution < -0.4 is 0 Å². The maximum absolute atomic E-state index is 13.1. The molecule has 0 bridgehead atoms. The Balaban J connectivity index is 2.24. The van der Waals surface area contributed by atoms with Crippen LogP contribution in [0.3, 0.4) is 0 Å². The van der Waals surface area contributed by atoms with Crippen LogP contribution in [0.15, 0.2) is 12.1 Å². The molecule has 0 aromatic heterocycles. The molecule has 1 aromatic carbocycles. The summed E-state index contributed by atoms with van der Waals surface area (Å²) in [4.78, 5) is 0. The smallest absolute Gasteiger partial charge is 0.165 e. The predicted molar refractivity (Wildman–Crippen MR) is 53.9 cm³/mol. The minimum Gasteiger partial charge on any atom is -0.508 e. The first kappa shape index (κ1) is 11.2. The lowest BCUT2D eigenvalue weighted by atomic mass is 9.95. The van der Waals surface area contributed by atoms with E-state index in [0.717, 1.165) is 12.1 Å². The van der Waals surface area contributed by atoms with Gasteiger partial charge in [0, 0.05) is 17.5 Å². The van der Waals surface area contributed by atoms with E-state index in [-0.39, 0.29) is 24.4 Å². The van der Waals surface area contributed by atoms with Crippen molar-refractivity contribution in [1.82, 2.24) is 0 Å². The van der Waals surface area contributed by atoms with Gasteiger partial charge in [0.1, 0.15) is 5.75 Å². The van der Waals surface area contributed by atoms with Gasteiger partial charge in [0.25, 0.3) is 0 Å². The molecule has 16 heavy (non-hydrogen) atoms. The van der Waals surface area contributed by atoms with E-state index in [1.54, 1.807) is 0 Å². The van der Waals surface area contributed by atoms with Gasteiger partial charge in [-0.05, 0) is 12.5 Å². The van der Waals surface area contributed by atoms with Gasteiger partial charge in [-0.3, -0.25) is 0 Å². The van der Waals surface area contributed by atoms with Gasteiger partial charge in [0.15, 0.2) is 11.6 Å². The number of aliphatic hydroxyl groups is 1. The van der Waals surface area contributed by atoms with E-state index in [4.69, 9.17) is 14.9 Å². The van der Waals surface area contributed by atoms with Gasteiger partial charge in [-0.15, -0.1) is 0 Å². The first-order valence-electron chi connectivity index (χ1n) is 5.05. The molecule has 4 nitrogen and oxygen atoms in total. The molecule has 0 spiro atoms. The first-order chi connectivity index (χ1) is 7.61. The van der Waals surface area contributed by atoms with E-state index in [0.29, 0.717) is 18.6 Å². The van der Waals surface area contributed by atoms with E-state index in [1.165, 1.54) is 0 Å². The highest BCUT2D eigenvalue weighted by atomic mass is 19.1. The van der Waals surface area contributed by atoms with E-state index in [9.17, 15) is 9.50 Å². The van der Waals surface area contributed by atoms with Crippen molar-refractivity contribution in [2.45, 2.75) is 18.4 Å². The monoisotopic (exact) mass is 228 g/mol. The molecular formula is C11H13FO4. The lowest BCUT2D eigenvalue weighted by Crippen LogP contribution is -2.09. The van der Waals surface area contributed by atoms with E-state index < -0.39 is 11.6 Å². The van der Waals surface area contributed by atoms with Crippen molar-refractivity contribution in [3.05, 3.63) is 23.5 Å². The summed E-state index contributed by atoms with van der Waals surface area (Å²) in [6.07, 6.45) is 0.273. The number of phenols is 2. The van der Waals surface area contributed by atoms with Crippen molar-refractivity contribution in [2.75, 3.05) is 13.2 Å². The van der Waals surface area contributed by atoms with Gasteiger partial charge < -0.3 is 20.1 Å². The Kier molecular flexibility index (Phi) is 2.98. The van der Waals surface area contributed by atoms with Crippen LogP contribution in [-0.2, 0) is 4.74 Å². The second kappa shape index (κ2) is 4.27. The molecule has 0 aliphatic carbocycles. The minimum atomic E-state index is -0.764. The number of halogens is 1. The second-order valence-electron chi connectivity index (χ2n) is 3.93. The number of aromatic hydroxyl groups is 2. The molecule has 1 aliphatic rings. The average molecular weight is 228 g/mol. The van der Waals surface area contributed by atoms with E-state index in [2.05, 4.69) is 0 Å². The number of hydrogen-bond acceptors (Lipinski definition) is 4. The SMILES string of the molecule is OC[C@@H]1C[C@@H](c2cc(F)c(O)cc2O)CO1. The number of rotatable bonds is 2. The molecule has 5 heteroatoms. The number of phenolic OH excluding ortho intramolecular Hbond substituents is 2. The van der Waals surface area contributed by atoms with Crippen LogP contribution in [0.5, 0.6) is 11.5 Å². The van der Waals surface area contributed by atoms with E-state index in [1.807, 2.05) is 0 Å². The highest BCUT2D eigenvalue weighted by molar-refractivity contribution is 5.42. The van der Waals surface area contributed by atoms with Crippen molar-refractivity contribution in [1.29, 1.82) is 0 Å². The van der Waals surface area contributed by atoms with Crippen LogP contribution in [0.25, 0.3) is 0 Å². The lowest BCUT2D eigenvalue weighted by molar-refractivity contribution is 0.0584. The summed E-state index contributed by atoms with van der Waals surface area (Å²) in [5, 5.41) is 27.5. The summed E-state index contributed by atoms with van der Waals surface area (Å²) in [6, 6.07) is 2.09. The van der Waals surface area contributed by atoms with Gasteiger partial charge >= 0.3 is 0 Å². The third-order valence-electron chi connectivity index (χ3n) is 2.82. The Hall–Kier alpha value is -1.33. The normalized spacial score (nSPS) is 24.9. The molecule has 1 heterocycles. The summed E-state index contributed by atoms with van der Waals surface area (Å²) in [6.45, 7) is 0.251. The largest absolute Gasteiger partial charge is 0.508 e. The fraction of sp³-hybridized carbons (Fsp3) is 0.455. The van der Waals surface area contributed by atoms with Gasteiger partial charge in [0.2, 0.25) is 0 Å². The number of benzene rings is 1. The maximum Gasteiger partial charge on any atom is 0.165 e. The molecule has 0 saturated carbocycles. The van der Waals surface area contributed by atoms with E-state index >= 15 is 0 Å². The zero-order valence-corrected chi connectivity index (χ0v) is 8.56. The zero-order chi connectivity index (χ0) is 11.7. The highest BCUT2D eigenvalue weighted by Crippen LogP contribution is 2.37. The topological polar surface area (TPSA) is 69.9 Å². The Labute approximate surface area is 91.9 Å². The predicted octanol–water partition coefficient (Wildman–Crippen LogP) is 1.10. The number of aliphatic hydroxyl groups excluding tert-OH is 1. The molecule has 1 saturated heterocycles. The molecule has 1 fully saturated rings. The summed E-state index contributed by atoms with van der Waals surface area (Å²) < 4.78 is 18.4. The Morgan fingerprint density at radius 1 is 1.31 bits per heavy atom. The van der Waals surface area contributed by atoms with Crippen LogP contribution in [0.1, 0.15) is 17.9 Å². The van der Waals surface area contributed by atoms with Gasteiger partial charge in [0.05, 0.1) is 19.3 Å². The van der Waals surface area contributed by atoms with Crippen LogP contribution in [-0.4, -0.2) is 34.6 Å². The summed E-state index contributed by atoms with van der Waals surface area (Å²) >= 11 is 0. The van der Waals surface area contributed by atoms with Crippen molar-refractivity contribution in [3.8, 4) is 11.5 Å². The zero-order valence-electron chi connectivity index (χ0n) is 8.56. The Morgan fingerprint density at radius 3 is 2.69 bits per heavy atom. The fourth-order valence-corrected chi connectivity index (χ4v) is 1.94. The van der Waals surface area contributed by atoms with Gasteiger partial charge in [-0.25, -0.2) is 4.39 Å². The third kappa shape index (κ3) is 1.96. The Bertz CT molecular complexity index is 394. The van der Waals surface area contributed by atoms with Crippen molar-refractivity contribution >= 4 is 0 Å². The summed E-state index contributed by atoms with van der Waals surface area (Å²) in [7, 11) is 0. The minimum absolute atomic E-state index is 0.0855. The van der Waals surface area contributed by atoms with Crippen LogP contribution in [0.4, 0.5) is 4.39 Å². The molecule has 3 N–H and O–H groups in total. The molecule has 88 valence electrons. The molecule has 0 amide bonds. The second-order valence-corrected chi connectivity index (χ2v) is 3.93. The van der Waals surface area contributed by atoms with Crippen LogP contribution >= 0.6 is 0 Å². The third-order valence-corrected chi connectivity index (χ3v) is 2.82. The average Bonchev–Trinajstić information content (AvgIpc) is 2.71.